The highest BCUT2D eigenvalue weighted by molar-refractivity contribution is 5.89. The monoisotopic (exact) mass is 520 g/mol. The van der Waals surface area contributed by atoms with Gasteiger partial charge in [0.05, 0.1) is 0 Å². The molecule has 0 amide bonds. The molecule has 0 atom stereocenters. The number of carbonyl (C=O) groups is 2. The first-order valence-electron chi connectivity index (χ1n) is 12.4. The van der Waals surface area contributed by atoms with Crippen molar-refractivity contribution in [3.8, 4) is 17.2 Å². The number of esters is 2. The number of hydrogen-bond acceptors (Lipinski definition) is 5. The lowest BCUT2D eigenvalue weighted by Gasteiger charge is -2.09. The summed E-state index contributed by atoms with van der Waals surface area (Å²) in [5.41, 5.74) is 4.52. The SMILES string of the molecule is C=C(C)C(=O)Oc1ccc(/C=C/c2ccc(/C=C/c3ccc(OC(=O)C(=C)C)cc3)c(OC/C=C/C)c2)cc1. The van der Waals surface area contributed by atoms with E-state index in [0.29, 0.717) is 29.3 Å². The van der Waals surface area contributed by atoms with Gasteiger partial charge in [-0.05, 0) is 67.8 Å². The first-order valence-corrected chi connectivity index (χ1v) is 12.4. The minimum atomic E-state index is -0.448. The number of allylic oxidation sites excluding steroid dienone is 1. The van der Waals surface area contributed by atoms with Gasteiger partial charge in [-0.25, -0.2) is 9.59 Å². The molecule has 0 fully saturated rings. The second-order valence-electron chi connectivity index (χ2n) is 8.82. The van der Waals surface area contributed by atoms with E-state index in [-0.39, 0.29) is 0 Å². The van der Waals surface area contributed by atoms with E-state index in [1.807, 2.05) is 85.8 Å². The van der Waals surface area contributed by atoms with Gasteiger partial charge in [0.25, 0.3) is 0 Å². The summed E-state index contributed by atoms with van der Waals surface area (Å²) >= 11 is 0. The van der Waals surface area contributed by atoms with Crippen LogP contribution in [0.25, 0.3) is 24.3 Å². The first kappa shape index (κ1) is 28.7. The van der Waals surface area contributed by atoms with Crippen LogP contribution in [0, 0.1) is 0 Å². The Kier molecular flexibility index (Phi) is 10.4. The third-order valence-electron chi connectivity index (χ3n) is 5.41. The molecule has 0 aliphatic heterocycles. The van der Waals surface area contributed by atoms with Gasteiger partial charge in [0, 0.05) is 16.7 Å². The smallest absolute Gasteiger partial charge is 0.338 e. The zero-order valence-electron chi connectivity index (χ0n) is 22.5. The largest absolute Gasteiger partial charge is 0.489 e. The highest BCUT2D eigenvalue weighted by Crippen LogP contribution is 2.25. The molecule has 0 aliphatic carbocycles. The molecule has 5 nitrogen and oxygen atoms in total. The van der Waals surface area contributed by atoms with Gasteiger partial charge >= 0.3 is 11.9 Å². The zero-order chi connectivity index (χ0) is 28.2. The maximum atomic E-state index is 11.7. The van der Waals surface area contributed by atoms with Gasteiger partial charge in [-0.15, -0.1) is 0 Å². The van der Waals surface area contributed by atoms with Crippen LogP contribution >= 0.6 is 0 Å². The lowest BCUT2D eigenvalue weighted by atomic mass is 10.1. The molecule has 198 valence electrons. The zero-order valence-corrected chi connectivity index (χ0v) is 22.5. The van der Waals surface area contributed by atoms with Crippen molar-refractivity contribution in [1.82, 2.24) is 0 Å². The Hall–Kier alpha value is -4.90. The lowest BCUT2D eigenvalue weighted by Crippen LogP contribution is -2.07. The molecule has 0 spiro atoms. The van der Waals surface area contributed by atoms with E-state index in [0.717, 1.165) is 28.0 Å². The van der Waals surface area contributed by atoms with Crippen LogP contribution in [0.5, 0.6) is 17.2 Å². The van der Waals surface area contributed by atoms with Gasteiger partial charge in [-0.1, -0.05) is 86.0 Å². The Balaban J connectivity index is 1.74. The molecule has 0 bridgehead atoms. The van der Waals surface area contributed by atoms with Crippen LogP contribution in [0.15, 0.2) is 103 Å². The maximum Gasteiger partial charge on any atom is 0.338 e. The molecule has 0 heterocycles. The molecular weight excluding hydrogens is 488 g/mol. The minimum absolute atomic E-state index is 0.349. The van der Waals surface area contributed by atoms with Gasteiger partial charge in [0.15, 0.2) is 0 Å². The Morgan fingerprint density at radius 1 is 0.692 bits per heavy atom. The summed E-state index contributed by atoms with van der Waals surface area (Å²) in [6.07, 6.45) is 11.8. The second-order valence-corrected chi connectivity index (χ2v) is 8.82. The highest BCUT2D eigenvalue weighted by Gasteiger charge is 2.06. The first-order chi connectivity index (χ1) is 18.7. The molecule has 3 rings (SSSR count). The summed E-state index contributed by atoms with van der Waals surface area (Å²) < 4.78 is 16.5. The standard InChI is InChI=1S/C34H32O5/c1-6-7-22-37-32-23-28(9-8-26-12-18-30(19-13-26)38-33(35)24(2)3)11-17-29(32)16-10-27-14-20-31(21-15-27)39-34(36)25(4)5/h6-21,23H,2,4,22H2,1,3,5H3/b7-6+,9-8+,16-10+. The van der Waals surface area contributed by atoms with Gasteiger partial charge in [0.2, 0.25) is 0 Å². The fourth-order valence-corrected chi connectivity index (χ4v) is 3.21. The third kappa shape index (κ3) is 9.17. The fraction of sp³-hybridized carbons (Fsp3) is 0.118. The molecule has 0 radical (unpaired) electrons. The quantitative estimate of drug-likeness (QED) is 0.0844. The van der Waals surface area contributed by atoms with E-state index in [2.05, 4.69) is 13.2 Å². The molecule has 5 heteroatoms. The Morgan fingerprint density at radius 3 is 1.64 bits per heavy atom. The average molecular weight is 521 g/mol. The normalized spacial score (nSPS) is 11.2. The molecule has 3 aromatic rings. The Morgan fingerprint density at radius 2 is 1.15 bits per heavy atom. The van der Waals surface area contributed by atoms with Crippen LogP contribution in [0.3, 0.4) is 0 Å². The molecule has 0 saturated heterocycles. The molecular formula is C34H32O5. The number of ether oxygens (including phenoxy) is 3. The van der Waals surface area contributed by atoms with Gasteiger partial charge in [-0.3, -0.25) is 0 Å². The molecule has 0 unspecified atom stereocenters. The second kappa shape index (κ2) is 14.1. The number of carbonyl (C=O) groups excluding carboxylic acids is 2. The van der Waals surface area contributed by atoms with E-state index in [9.17, 15) is 9.59 Å². The van der Waals surface area contributed by atoms with Crippen molar-refractivity contribution >= 4 is 36.2 Å². The van der Waals surface area contributed by atoms with Gasteiger partial charge in [-0.2, -0.15) is 0 Å². The lowest BCUT2D eigenvalue weighted by molar-refractivity contribution is -0.130. The Bertz CT molecular complexity index is 1420. The van der Waals surface area contributed by atoms with Crippen molar-refractivity contribution in [2.75, 3.05) is 6.61 Å². The van der Waals surface area contributed by atoms with Crippen molar-refractivity contribution in [1.29, 1.82) is 0 Å². The fourth-order valence-electron chi connectivity index (χ4n) is 3.21. The minimum Gasteiger partial charge on any atom is -0.489 e. The summed E-state index contributed by atoms with van der Waals surface area (Å²) in [6, 6.07) is 20.5. The maximum absolute atomic E-state index is 11.7. The van der Waals surface area contributed by atoms with Crippen LogP contribution in [-0.4, -0.2) is 18.5 Å². The van der Waals surface area contributed by atoms with E-state index in [1.165, 1.54) is 0 Å². The van der Waals surface area contributed by atoms with E-state index in [4.69, 9.17) is 14.2 Å². The third-order valence-corrected chi connectivity index (χ3v) is 5.41. The number of benzene rings is 3. The van der Waals surface area contributed by atoms with Crippen molar-refractivity contribution in [2.45, 2.75) is 20.8 Å². The van der Waals surface area contributed by atoms with Crippen molar-refractivity contribution in [3.63, 3.8) is 0 Å². The summed E-state index contributed by atoms with van der Waals surface area (Å²) in [5.74, 6) is 0.795. The Labute approximate surface area is 230 Å². The predicted molar refractivity (Wildman–Crippen MR) is 158 cm³/mol. The predicted octanol–water partition coefficient (Wildman–Crippen LogP) is 7.95. The number of hydrogen-bond donors (Lipinski definition) is 0. The van der Waals surface area contributed by atoms with Crippen molar-refractivity contribution in [3.05, 3.63) is 125 Å². The average Bonchev–Trinajstić information content (AvgIpc) is 2.93. The van der Waals surface area contributed by atoms with Gasteiger partial charge in [0.1, 0.15) is 23.9 Å². The summed E-state index contributed by atoms with van der Waals surface area (Å²) in [4.78, 5) is 23.4. The van der Waals surface area contributed by atoms with Crippen LogP contribution in [0.1, 0.15) is 43.0 Å². The topological polar surface area (TPSA) is 61.8 Å². The summed E-state index contributed by atoms with van der Waals surface area (Å²) in [7, 11) is 0. The van der Waals surface area contributed by atoms with Crippen molar-refractivity contribution in [2.24, 2.45) is 0 Å². The van der Waals surface area contributed by atoms with Crippen LogP contribution in [0.4, 0.5) is 0 Å². The molecule has 0 aromatic heterocycles. The molecule has 3 aromatic carbocycles. The molecule has 0 aliphatic rings. The van der Waals surface area contributed by atoms with E-state index >= 15 is 0 Å². The van der Waals surface area contributed by atoms with Crippen molar-refractivity contribution < 1.29 is 23.8 Å². The number of rotatable bonds is 11. The van der Waals surface area contributed by atoms with Crippen LogP contribution in [-0.2, 0) is 9.59 Å². The highest BCUT2D eigenvalue weighted by atomic mass is 16.5. The van der Waals surface area contributed by atoms with Crippen LogP contribution < -0.4 is 14.2 Å². The molecule has 39 heavy (non-hydrogen) atoms. The molecule has 0 saturated carbocycles. The summed E-state index contributed by atoms with van der Waals surface area (Å²) in [6.45, 7) is 12.8. The van der Waals surface area contributed by atoms with E-state index in [1.54, 1.807) is 38.1 Å². The summed E-state index contributed by atoms with van der Waals surface area (Å²) in [5, 5.41) is 0. The van der Waals surface area contributed by atoms with Crippen LogP contribution in [0.2, 0.25) is 0 Å². The van der Waals surface area contributed by atoms with E-state index < -0.39 is 11.9 Å². The molecule has 0 N–H and O–H groups in total. The van der Waals surface area contributed by atoms with Gasteiger partial charge < -0.3 is 14.2 Å².